The summed E-state index contributed by atoms with van der Waals surface area (Å²) < 4.78 is 7.05. The van der Waals surface area contributed by atoms with Crippen LogP contribution in [0.1, 0.15) is 24.6 Å². The number of hydrogen-bond donors (Lipinski definition) is 0. The van der Waals surface area contributed by atoms with Crippen molar-refractivity contribution < 1.29 is 9.53 Å². The van der Waals surface area contributed by atoms with Gasteiger partial charge >= 0.3 is 0 Å². The average Bonchev–Trinajstić information content (AvgIpc) is 3.29. The molecule has 0 aliphatic carbocycles. The Morgan fingerprint density at radius 2 is 2.25 bits per heavy atom. The molecule has 0 radical (unpaired) electrons. The highest BCUT2D eigenvalue weighted by Crippen LogP contribution is 2.30. The molecule has 4 heterocycles. The summed E-state index contributed by atoms with van der Waals surface area (Å²) in [6.45, 7) is 0.672. The lowest BCUT2D eigenvalue weighted by molar-refractivity contribution is -0.134. The normalized spacial score (nSPS) is 17.3. The fourth-order valence-electron chi connectivity index (χ4n) is 2.95. The Morgan fingerprint density at radius 1 is 1.29 bits per heavy atom. The van der Waals surface area contributed by atoms with Gasteiger partial charge in [0, 0.05) is 18.8 Å². The molecular weight excluding hydrogens is 308 g/mol. The van der Waals surface area contributed by atoms with E-state index in [-0.39, 0.29) is 18.6 Å². The number of carbonyl (C=O) groups excluding carboxylic acids is 1. The predicted molar refractivity (Wildman–Crippen MR) is 84.2 cm³/mol. The number of aromatic nitrogens is 5. The molecule has 1 atom stereocenters. The third-order valence-corrected chi connectivity index (χ3v) is 4.08. The third kappa shape index (κ3) is 2.78. The van der Waals surface area contributed by atoms with Crippen molar-refractivity contribution in [1.82, 2.24) is 29.7 Å². The number of nitrogens with zero attached hydrogens (tertiary/aromatic N) is 6. The summed E-state index contributed by atoms with van der Waals surface area (Å²) >= 11 is 0. The van der Waals surface area contributed by atoms with Gasteiger partial charge in [-0.15, -0.1) is 15.3 Å². The Hall–Kier alpha value is -3.03. The first-order chi connectivity index (χ1) is 11.8. The standard InChI is InChI=1S/C16H16N6O2/c23-16(10-24-15-7-6-14-19-18-11-22(14)20-15)21-9-3-5-13(21)12-4-1-2-8-17-12/h1-2,4,6-8,11,13H,3,5,9-10H2/t13-/m1/s1. The molecule has 8 heteroatoms. The average molecular weight is 324 g/mol. The van der Waals surface area contributed by atoms with Crippen molar-refractivity contribution in [2.45, 2.75) is 18.9 Å². The van der Waals surface area contributed by atoms with Crippen LogP contribution in [0.25, 0.3) is 5.65 Å². The molecule has 1 amide bonds. The van der Waals surface area contributed by atoms with Gasteiger partial charge in [-0.25, -0.2) is 0 Å². The molecule has 1 saturated heterocycles. The summed E-state index contributed by atoms with van der Waals surface area (Å²) in [5.74, 6) is 0.304. The maximum Gasteiger partial charge on any atom is 0.261 e. The Bertz CT molecular complexity index is 850. The summed E-state index contributed by atoms with van der Waals surface area (Å²) in [4.78, 5) is 18.7. The maximum absolute atomic E-state index is 12.5. The highest BCUT2D eigenvalue weighted by Gasteiger charge is 2.30. The Balaban J connectivity index is 1.43. The molecule has 0 saturated carbocycles. The second-order valence-electron chi connectivity index (χ2n) is 5.59. The second-order valence-corrected chi connectivity index (χ2v) is 5.59. The zero-order valence-electron chi connectivity index (χ0n) is 12.9. The minimum atomic E-state index is -0.0613. The van der Waals surface area contributed by atoms with E-state index < -0.39 is 0 Å². The number of fused-ring (bicyclic) bond motifs is 1. The van der Waals surface area contributed by atoms with Crippen molar-refractivity contribution in [3.05, 3.63) is 48.5 Å². The molecule has 8 nitrogen and oxygen atoms in total. The zero-order valence-corrected chi connectivity index (χ0v) is 12.9. The Kier molecular flexibility index (Phi) is 3.78. The summed E-state index contributed by atoms with van der Waals surface area (Å²) in [6, 6.07) is 9.22. The van der Waals surface area contributed by atoms with Crippen molar-refractivity contribution in [1.29, 1.82) is 0 Å². The van der Waals surface area contributed by atoms with Crippen LogP contribution < -0.4 is 4.74 Å². The third-order valence-electron chi connectivity index (χ3n) is 4.08. The number of hydrogen-bond acceptors (Lipinski definition) is 6. The first-order valence-corrected chi connectivity index (χ1v) is 7.81. The lowest BCUT2D eigenvalue weighted by atomic mass is 10.1. The van der Waals surface area contributed by atoms with E-state index in [2.05, 4.69) is 20.3 Å². The van der Waals surface area contributed by atoms with Crippen LogP contribution in [-0.2, 0) is 4.79 Å². The maximum atomic E-state index is 12.5. The van der Waals surface area contributed by atoms with Crippen LogP contribution >= 0.6 is 0 Å². The number of rotatable bonds is 4. The van der Waals surface area contributed by atoms with Gasteiger partial charge in [0.2, 0.25) is 5.88 Å². The van der Waals surface area contributed by atoms with Gasteiger partial charge in [-0.1, -0.05) is 6.07 Å². The number of ether oxygens (including phenoxy) is 1. The molecule has 1 aliphatic heterocycles. The first kappa shape index (κ1) is 14.6. The van der Waals surface area contributed by atoms with E-state index >= 15 is 0 Å². The minimum Gasteiger partial charge on any atom is -0.467 e. The van der Waals surface area contributed by atoms with E-state index in [1.165, 1.54) is 10.8 Å². The highest BCUT2D eigenvalue weighted by molar-refractivity contribution is 5.78. The summed E-state index contributed by atoms with van der Waals surface area (Å²) in [6.07, 6.45) is 5.14. The van der Waals surface area contributed by atoms with Gasteiger partial charge in [-0.2, -0.15) is 4.52 Å². The fourth-order valence-corrected chi connectivity index (χ4v) is 2.95. The molecule has 1 aliphatic rings. The van der Waals surface area contributed by atoms with Gasteiger partial charge in [0.15, 0.2) is 12.3 Å². The van der Waals surface area contributed by atoms with Crippen molar-refractivity contribution in [2.24, 2.45) is 0 Å². The molecule has 0 spiro atoms. The first-order valence-electron chi connectivity index (χ1n) is 7.81. The topological polar surface area (TPSA) is 85.5 Å². The number of likely N-dealkylation sites (tertiary alicyclic amines) is 1. The predicted octanol–water partition coefficient (Wildman–Crippen LogP) is 1.26. The van der Waals surface area contributed by atoms with Crippen LogP contribution in [0.3, 0.4) is 0 Å². The Morgan fingerprint density at radius 3 is 3.12 bits per heavy atom. The van der Waals surface area contributed by atoms with Crippen molar-refractivity contribution >= 4 is 11.6 Å². The van der Waals surface area contributed by atoms with Crippen LogP contribution in [0, 0.1) is 0 Å². The Labute approximate surface area is 138 Å². The molecule has 0 bridgehead atoms. The molecule has 3 aromatic heterocycles. The van der Waals surface area contributed by atoms with Gasteiger partial charge in [0.25, 0.3) is 5.91 Å². The summed E-state index contributed by atoms with van der Waals surface area (Å²) in [5.41, 5.74) is 1.55. The molecule has 1 fully saturated rings. The van der Waals surface area contributed by atoms with E-state index in [0.717, 1.165) is 25.1 Å². The van der Waals surface area contributed by atoms with Crippen molar-refractivity contribution in [2.75, 3.05) is 13.2 Å². The number of carbonyl (C=O) groups is 1. The van der Waals surface area contributed by atoms with Gasteiger partial charge in [-0.05, 0) is 31.0 Å². The van der Waals surface area contributed by atoms with Gasteiger partial charge in [0.1, 0.15) is 6.33 Å². The fraction of sp³-hybridized carbons (Fsp3) is 0.312. The van der Waals surface area contributed by atoms with Crippen molar-refractivity contribution in [3.63, 3.8) is 0 Å². The van der Waals surface area contributed by atoms with E-state index in [1.54, 1.807) is 18.3 Å². The molecule has 122 valence electrons. The molecule has 3 aromatic rings. The van der Waals surface area contributed by atoms with E-state index in [1.807, 2.05) is 23.1 Å². The van der Waals surface area contributed by atoms with E-state index in [4.69, 9.17) is 4.74 Å². The van der Waals surface area contributed by atoms with Crippen molar-refractivity contribution in [3.8, 4) is 5.88 Å². The van der Waals surface area contributed by atoms with E-state index in [0.29, 0.717) is 11.5 Å². The van der Waals surface area contributed by atoms with Crippen LogP contribution in [0.2, 0.25) is 0 Å². The summed E-state index contributed by atoms with van der Waals surface area (Å²) in [5, 5.41) is 11.8. The van der Waals surface area contributed by atoms with Crippen LogP contribution in [0.15, 0.2) is 42.9 Å². The van der Waals surface area contributed by atoms with Gasteiger partial charge in [0.05, 0.1) is 11.7 Å². The van der Waals surface area contributed by atoms with Crippen LogP contribution in [0.4, 0.5) is 0 Å². The minimum absolute atomic E-state index is 0.0237. The lowest BCUT2D eigenvalue weighted by Gasteiger charge is -2.24. The quantitative estimate of drug-likeness (QED) is 0.718. The smallest absolute Gasteiger partial charge is 0.261 e. The van der Waals surface area contributed by atoms with Crippen LogP contribution in [0.5, 0.6) is 5.88 Å². The van der Waals surface area contributed by atoms with Crippen LogP contribution in [-0.4, -0.2) is 48.8 Å². The number of amides is 1. The molecule has 24 heavy (non-hydrogen) atoms. The molecule has 0 unspecified atom stereocenters. The molecule has 0 N–H and O–H groups in total. The largest absolute Gasteiger partial charge is 0.467 e. The summed E-state index contributed by atoms with van der Waals surface area (Å²) in [7, 11) is 0. The zero-order chi connectivity index (χ0) is 16.4. The SMILES string of the molecule is O=C(COc1ccc2nncn2n1)N1CCC[C@@H]1c1ccccn1. The molecule has 4 rings (SSSR count). The second kappa shape index (κ2) is 6.23. The van der Waals surface area contributed by atoms with Gasteiger partial charge in [-0.3, -0.25) is 9.78 Å². The highest BCUT2D eigenvalue weighted by atomic mass is 16.5. The molecule has 0 aromatic carbocycles. The monoisotopic (exact) mass is 324 g/mol. The number of pyridine rings is 1. The molecular formula is C16H16N6O2. The lowest BCUT2D eigenvalue weighted by Crippen LogP contribution is -2.34. The van der Waals surface area contributed by atoms with E-state index in [9.17, 15) is 4.79 Å². The van der Waals surface area contributed by atoms with Gasteiger partial charge < -0.3 is 9.64 Å².